The third-order valence-electron chi connectivity index (χ3n) is 2.80. The molecule has 8 nitrogen and oxygen atoms in total. The van der Waals surface area contributed by atoms with Crippen LogP contribution in [-0.4, -0.2) is 31.5 Å². The van der Waals surface area contributed by atoms with E-state index in [2.05, 4.69) is 30.9 Å². The molecule has 0 radical (unpaired) electrons. The summed E-state index contributed by atoms with van der Waals surface area (Å²) >= 11 is 6.06. The van der Waals surface area contributed by atoms with Gasteiger partial charge in [-0.15, -0.1) is 5.10 Å². The summed E-state index contributed by atoms with van der Waals surface area (Å²) < 4.78 is 0. The fourth-order valence-corrected chi connectivity index (χ4v) is 2.00. The van der Waals surface area contributed by atoms with Crippen LogP contribution in [0.3, 0.4) is 0 Å². The predicted molar refractivity (Wildman–Crippen MR) is 82.3 cm³/mol. The summed E-state index contributed by atoms with van der Waals surface area (Å²) in [7, 11) is 0. The molecule has 0 spiro atoms. The molecule has 2 aromatic heterocycles. The Morgan fingerprint density at radius 3 is 2.65 bits per heavy atom. The molecule has 0 aliphatic rings. The van der Waals surface area contributed by atoms with E-state index in [1.54, 1.807) is 30.3 Å². The van der Waals surface area contributed by atoms with Gasteiger partial charge < -0.3 is 7.16 Å². The van der Waals surface area contributed by atoms with E-state index in [1.807, 2.05) is 0 Å². The van der Waals surface area contributed by atoms with Gasteiger partial charge in [0.1, 0.15) is 5.69 Å². The number of halogens is 1. The van der Waals surface area contributed by atoms with E-state index in [9.17, 15) is 4.79 Å². The maximum Gasteiger partial charge on any atom is 1.00 e. The smallest absolute Gasteiger partial charge is 1.00 e. The van der Waals surface area contributed by atoms with Crippen molar-refractivity contribution >= 4 is 29.1 Å². The van der Waals surface area contributed by atoms with Crippen LogP contribution < -0.4 is 40.6 Å². The van der Waals surface area contributed by atoms with E-state index in [0.29, 0.717) is 16.4 Å². The van der Waals surface area contributed by atoms with Crippen LogP contribution in [0.15, 0.2) is 36.4 Å². The van der Waals surface area contributed by atoms with Crippen LogP contribution in [0, 0.1) is 0 Å². The second-order valence-corrected chi connectivity index (χ2v) is 4.80. The summed E-state index contributed by atoms with van der Waals surface area (Å²) in [5.41, 5.74) is 7.80. The first-order valence-electron chi connectivity index (χ1n) is 6.20. The first-order chi connectivity index (χ1) is 10.6. The molecule has 3 aromatic rings. The second-order valence-electron chi connectivity index (χ2n) is 4.37. The fraction of sp³-hybridized carbons (Fsp3) is 0. The Morgan fingerprint density at radius 1 is 1.26 bits per heavy atom. The summed E-state index contributed by atoms with van der Waals surface area (Å²) in [6.07, 6.45) is 0. The Balaban J connectivity index is 0.00000144. The number of rotatable bonds is 3. The number of hydrogen-bond donors (Lipinski definition) is 3. The molecule has 0 saturated carbocycles. The molecule has 0 aliphatic carbocycles. The summed E-state index contributed by atoms with van der Waals surface area (Å²) in [6, 6.07) is 10.2. The minimum atomic E-state index is -0.486. The van der Waals surface area contributed by atoms with Crippen molar-refractivity contribution in [2.75, 3.05) is 11.1 Å². The SMILES string of the molecule is Nc1ccc(-c2cc(Cl)cc(C(=O)Nc3nn[nH]n3)n2)cc1.[H-].[Na+]. The molecule has 2 heterocycles. The molecule has 0 unspecified atom stereocenters. The number of aromatic amines is 1. The molecular formula is C13H11ClN7NaO. The van der Waals surface area contributed by atoms with E-state index in [-0.39, 0.29) is 42.6 Å². The van der Waals surface area contributed by atoms with Gasteiger partial charge in [0.25, 0.3) is 11.9 Å². The topological polar surface area (TPSA) is 122 Å². The van der Waals surface area contributed by atoms with Crippen molar-refractivity contribution in [3.05, 3.63) is 47.1 Å². The average Bonchev–Trinajstić information content (AvgIpc) is 3.00. The minimum absolute atomic E-state index is 0. The molecule has 10 heteroatoms. The van der Waals surface area contributed by atoms with Gasteiger partial charge in [0.15, 0.2) is 0 Å². The summed E-state index contributed by atoms with van der Waals surface area (Å²) in [4.78, 5) is 16.4. The summed E-state index contributed by atoms with van der Waals surface area (Å²) in [5, 5.41) is 15.7. The van der Waals surface area contributed by atoms with E-state index < -0.39 is 5.91 Å². The maximum atomic E-state index is 12.1. The monoisotopic (exact) mass is 339 g/mol. The van der Waals surface area contributed by atoms with Crippen LogP contribution in [0.2, 0.25) is 5.02 Å². The molecule has 0 atom stereocenters. The minimum Gasteiger partial charge on any atom is -1.00 e. The van der Waals surface area contributed by atoms with Crippen molar-refractivity contribution in [3.8, 4) is 11.3 Å². The number of H-pyrrole nitrogens is 1. The van der Waals surface area contributed by atoms with Crippen LogP contribution in [0.25, 0.3) is 11.3 Å². The summed E-state index contributed by atoms with van der Waals surface area (Å²) in [5.74, 6) is -0.429. The number of carbonyl (C=O) groups excluding carboxylic acids is 1. The number of amides is 1. The average molecular weight is 340 g/mol. The molecule has 1 amide bonds. The number of nitrogens with one attached hydrogen (secondary N) is 2. The van der Waals surface area contributed by atoms with E-state index in [4.69, 9.17) is 17.3 Å². The first kappa shape index (κ1) is 17.4. The second kappa shape index (κ2) is 7.51. The number of nitrogens with zero attached hydrogens (tertiary/aromatic N) is 4. The standard InChI is InChI=1S/C13H10ClN7O.Na.H/c14-8-5-10(7-1-3-9(15)4-2-7)16-11(6-8)12(22)17-13-18-20-21-19-13;;/h1-6H,15H2,(H2,17,18,19,20,21,22);;/q;+1;-1. The maximum absolute atomic E-state index is 12.1. The molecule has 0 saturated heterocycles. The molecule has 0 aliphatic heterocycles. The van der Waals surface area contributed by atoms with E-state index in [0.717, 1.165) is 5.56 Å². The molecule has 23 heavy (non-hydrogen) atoms. The number of benzene rings is 1. The Bertz CT molecular complexity index is 814. The number of nitrogen functional groups attached to an aromatic ring is 1. The number of carbonyl (C=O) groups is 1. The van der Waals surface area contributed by atoms with Crippen LogP contribution in [0.4, 0.5) is 11.6 Å². The van der Waals surface area contributed by atoms with Crippen molar-refractivity contribution in [1.82, 2.24) is 25.6 Å². The molecule has 0 bridgehead atoms. The normalized spacial score (nSPS) is 9.96. The van der Waals surface area contributed by atoms with Crippen LogP contribution in [0.1, 0.15) is 11.9 Å². The molecule has 4 N–H and O–H groups in total. The predicted octanol–water partition coefficient (Wildman–Crippen LogP) is -1.13. The Labute approximate surface area is 159 Å². The van der Waals surface area contributed by atoms with Crippen LogP contribution >= 0.6 is 11.6 Å². The van der Waals surface area contributed by atoms with Gasteiger partial charge in [0.05, 0.1) is 5.69 Å². The van der Waals surface area contributed by atoms with Crippen molar-refractivity contribution < 1.29 is 35.8 Å². The number of hydrogen-bond acceptors (Lipinski definition) is 6. The third-order valence-corrected chi connectivity index (χ3v) is 3.02. The summed E-state index contributed by atoms with van der Waals surface area (Å²) in [6.45, 7) is 0. The largest absolute Gasteiger partial charge is 1.00 e. The quantitative estimate of drug-likeness (QED) is 0.410. The number of nitrogens with two attached hydrogens (primary N) is 1. The Kier molecular flexibility index (Phi) is 5.67. The van der Waals surface area contributed by atoms with Gasteiger partial charge in [-0.05, 0) is 29.5 Å². The van der Waals surface area contributed by atoms with Crippen molar-refractivity contribution in [2.45, 2.75) is 0 Å². The molecule has 1 aromatic carbocycles. The van der Waals surface area contributed by atoms with Crippen molar-refractivity contribution in [3.63, 3.8) is 0 Å². The fourth-order valence-electron chi connectivity index (χ4n) is 1.80. The molecule has 3 rings (SSSR count). The number of pyridine rings is 1. The van der Waals surface area contributed by atoms with Gasteiger partial charge in [-0.3, -0.25) is 10.1 Å². The Hall–Kier alpha value is -2.00. The van der Waals surface area contributed by atoms with Gasteiger partial charge in [0, 0.05) is 16.3 Å². The Morgan fingerprint density at radius 2 is 2.00 bits per heavy atom. The van der Waals surface area contributed by atoms with E-state index in [1.165, 1.54) is 6.07 Å². The molecular weight excluding hydrogens is 329 g/mol. The van der Waals surface area contributed by atoms with E-state index >= 15 is 0 Å². The van der Waals surface area contributed by atoms with Crippen molar-refractivity contribution in [2.24, 2.45) is 0 Å². The van der Waals surface area contributed by atoms with Gasteiger partial charge in [-0.1, -0.05) is 28.8 Å². The zero-order valence-corrected chi connectivity index (χ0v) is 14.9. The number of anilines is 2. The number of aromatic nitrogens is 5. The number of tetrazole rings is 1. The van der Waals surface area contributed by atoms with Gasteiger partial charge in [-0.2, -0.15) is 5.21 Å². The van der Waals surface area contributed by atoms with Gasteiger partial charge in [-0.25, -0.2) is 4.98 Å². The van der Waals surface area contributed by atoms with Gasteiger partial charge >= 0.3 is 29.6 Å². The molecule has 0 fully saturated rings. The van der Waals surface area contributed by atoms with Crippen molar-refractivity contribution in [1.29, 1.82) is 0 Å². The third kappa shape index (κ3) is 4.26. The van der Waals surface area contributed by atoms with Crippen LogP contribution in [0.5, 0.6) is 0 Å². The van der Waals surface area contributed by atoms with Crippen LogP contribution in [-0.2, 0) is 0 Å². The zero-order chi connectivity index (χ0) is 15.5. The first-order valence-corrected chi connectivity index (χ1v) is 6.58. The van der Waals surface area contributed by atoms with Gasteiger partial charge in [0.2, 0.25) is 0 Å². The molecule has 112 valence electrons. The zero-order valence-electron chi connectivity index (χ0n) is 13.1.